The lowest BCUT2D eigenvalue weighted by Crippen LogP contribution is -2.37. The van der Waals surface area contributed by atoms with Gasteiger partial charge in [-0.15, -0.1) is 11.8 Å². The summed E-state index contributed by atoms with van der Waals surface area (Å²) in [6.07, 6.45) is 4.06. The van der Waals surface area contributed by atoms with Gasteiger partial charge < -0.3 is 15.1 Å². The van der Waals surface area contributed by atoms with Gasteiger partial charge in [-0.2, -0.15) is 8.78 Å². The van der Waals surface area contributed by atoms with Crippen LogP contribution in [-0.2, 0) is 11.2 Å². The molecule has 0 aliphatic carbocycles. The molecule has 7 heteroatoms. The summed E-state index contributed by atoms with van der Waals surface area (Å²) in [5.41, 5.74) is 0.880. The molecule has 31 heavy (non-hydrogen) atoms. The number of halogens is 2. The molecule has 0 aromatic heterocycles. The van der Waals surface area contributed by atoms with E-state index in [4.69, 9.17) is 5.11 Å². The van der Waals surface area contributed by atoms with Gasteiger partial charge in [0, 0.05) is 25.8 Å². The van der Waals surface area contributed by atoms with Crippen LogP contribution in [0, 0.1) is 17.8 Å². The standard InChI is InChI=1S/C24H29F2NO4/c1-3-4-5-6-7-17(2)21(28)13-12-20-16-24(25,26)23(31)27(20)15-14-18-8-10-19(11-9-18)22(29)30/h8-13,17,20-21,28H,3-4,7,14-16H2,1-2H3,(H,29,30)/t17-,20-,21-/m0/s1. The first-order chi connectivity index (χ1) is 14.7. The van der Waals surface area contributed by atoms with Crippen molar-refractivity contribution in [1.29, 1.82) is 0 Å². The van der Waals surface area contributed by atoms with Crippen LogP contribution in [0.3, 0.4) is 0 Å². The van der Waals surface area contributed by atoms with Crippen LogP contribution in [0.15, 0.2) is 36.4 Å². The third-order valence-corrected chi connectivity index (χ3v) is 5.32. The summed E-state index contributed by atoms with van der Waals surface area (Å²) in [6.45, 7) is 3.94. The molecule has 1 aromatic carbocycles. The van der Waals surface area contributed by atoms with Crippen molar-refractivity contribution in [1.82, 2.24) is 4.90 Å². The van der Waals surface area contributed by atoms with E-state index in [1.807, 2.05) is 13.8 Å². The molecule has 0 spiro atoms. The zero-order valence-corrected chi connectivity index (χ0v) is 17.9. The highest BCUT2D eigenvalue weighted by Crippen LogP contribution is 2.34. The van der Waals surface area contributed by atoms with E-state index in [2.05, 4.69) is 11.8 Å². The second-order valence-electron chi connectivity index (χ2n) is 7.89. The lowest BCUT2D eigenvalue weighted by Gasteiger charge is -2.22. The number of carboxylic acid groups (broad SMARTS) is 1. The van der Waals surface area contributed by atoms with Gasteiger partial charge in [0.15, 0.2) is 0 Å². The van der Waals surface area contributed by atoms with Crippen molar-refractivity contribution in [3.05, 3.63) is 47.5 Å². The number of aliphatic hydroxyl groups is 1. The molecule has 1 amide bonds. The highest BCUT2D eigenvalue weighted by Gasteiger charge is 2.52. The number of unbranched alkanes of at least 4 members (excludes halogenated alkanes) is 1. The van der Waals surface area contributed by atoms with E-state index >= 15 is 0 Å². The van der Waals surface area contributed by atoms with Gasteiger partial charge in [0.05, 0.1) is 17.7 Å². The Hall–Kier alpha value is -2.72. The average molecular weight is 433 g/mol. The third kappa shape index (κ3) is 6.90. The van der Waals surface area contributed by atoms with Gasteiger partial charge in [0.2, 0.25) is 0 Å². The zero-order valence-electron chi connectivity index (χ0n) is 17.9. The van der Waals surface area contributed by atoms with Crippen molar-refractivity contribution in [2.45, 2.75) is 64.0 Å². The largest absolute Gasteiger partial charge is 0.478 e. The normalized spacial score (nSPS) is 19.8. The summed E-state index contributed by atoms with van der Waals surface area (Å²) in [6, 6.07) is 5.29. The SMILES string of the molecule is CCCC#CC[C@H](C)[C@@H](O)C=C[C@H]1CC(F)(F)C(=O)N1CCc1ccc(C(=O)O)cc1. The number of aromatic carboxylic acids is 1. The number of aliphatic hydroxyl groups excluding tert-OH is 1. The minimum absolute atomic E-state index is 0.0734. The highest BCUT2D eigenvalue weighted by atomic mass is 19.3. The van der Waals surface area contributed by atoms with Crippen LogP contribution >= 0.6 is 0 Å². The first kappa shape index (κ1) is 24.5. The maximum atomic E-state index is 14.1. The maximum absolute atomic E-state index is 14.1. The predicted octanol–water partition coefficient (Wildman–Crippen LogP) is 3.91. The smallest absolute Gasteiger partial charge is 0.335 e. The molecule has 1 aliphatic rings. The molecule has 1 aromatic rings. The van der Waals surface area contributed by atoms with Crippen LogP contribution in [0.25, 0.3) is 0 Å². The Morgan fingerprint density at radius 2 is 2.00 bits per heavy atom. The predicted molar refractivity (Wildman–Crippen MR) is 114 cm³/mol. The molecule has 0 bridgehead atoms. The third-order valence-electron chi connectivity index (χ3n) is 5.32. The Morgan fingerprint density at radius 1 is 1.32 bits per heavy atom. The van der Waals surface area contributed by atoms with Crippen molar-refractivity contribution in [2.75, 3.05) is 6.54 Å². The maximum Gasteiger partial charge on any atom is 0.335 e. The van der Waals surface area contributed by atoms with Gasteiger partial charge in [0.25, 0.3) is 5.91 Å². The van der Waals surface area contributed by atoms with Gasteiger partial charge in [-0.1, -0.05) is 38.1 Å². The molecule has 0 unspecified atom stereocenters. The quantitative estimate of drug-likeness (QED) is 0.457. The van der Waals surface area contributed by atoms with Crippen molar-refractivity contribution < 1.29 is 28.6 Å². The summed E-state index contributed by atoms with van der Waals surface area (Å²) in [5, 5.41) is 19.3. The molecule has 1 fully saturated rings. The zero-order chi connectivity index (χ0) is 23.0. The van der Waals surface area contributed by atoms with Crippen molar-refractivity contribution in [3.8, 4) is 11.8 Å². The van der Waals surface area contributed by atoms with Gasteiger partial charge in [-0.05, 0) is 36.5 Å². The molecular formula is C24H29F2NO4. The Balaban J connectivity index is 2.01. The fraction of sp³-hybridized carbons (Fsp3) is 0.500. The van der Waals surface area contributed by atoms with Crippen LogP contribution in [-0.4, -0.2) is 51.6 Å². The Morgan fingerprint density at radius 3 is 2.61 bits per heavy atom. The second kappa shape index (κ2) is 11.1. The molecule has 1 heterocycles. The van der Waals surface area contributed by atoms with Gasteiger partial charge in [-0.25, -0.2) is 4.79 Å². The molecule has 1 aliphatic heterocycles. The highest BCUT2D eigenvalue weighted by molar-refractivity contribution is 5.87. The number of carbonyl (C=O) groups is 2. The monoisotopic (exact) mass is 433 g/mol. The van der Waals surface area contributed by atoms with Crippen molar-refractivity contribution in [2.24, 2.45) is 5.92 Å². The number of hydrogen-bond donors (Lipinski definition) is 2. The second-order valence-corrected chi connectivity index (χ2v) is 7.89. The molecule has 3 atom stereocenters. The minimum atomic E-state index is -3.44. The Bertz CT molecular complexity index is 855. The minimum Gasteiger partial charge on any atom is -0.478 e. The van der Waals surface area contributed by atoms with E-state index in [0.717, 1.165) is 23.3 Å². The molecule has 0 radical (unpaired) electrons. The van der Waals surface area contributed by atoms with E-state index in [0.29, 0.717) is 12.8 Å². The number of hydrogen-bond acceptors (Lipinski definition) is 3. The summed E-state index contributed by atoms with van der Waals surface area (Å²) >= 11 is 0. The number of nitrogens with zero attached hydrogens (tertiary/aromatic N) is 1. The van der Waals surface area contributed by atoms with Crippen LogP contribution in [0.2, 0.25) is 0 Å². The van der Waals surface area contributed by atoms with Crippen LogP contribution in [0.5, 0.6) is 0 Å². The van der Waals surface area contributed by atoms with Gasteiger partial charge in [-0.3, -0.25) is 4.79 Å². The van der Waals surface area contributed by atoms with Crippen LogP contribution in [0.1, 0.15) is 55.5 Å². The molecule has 168 valence electrons. The molecule has 2 N–H and O–H groups in total. The molecule has 5 nitrogen and oxygen atoms in total. The molecule has 0 saturated carbocycles. The lowest BCUT2D eigenvalue weighted by atomic mass is 9.99. The van der Waals surface area contributed by atoms with E-state index in [9.17, 15) is 23.5 Å². The first-order valence-corrected chi connectivity index (χ1v) is 10.5. The summed E-state index contributed by atoms with van der Waals surface area (Å²) in [4.78, 5) is 24.2. The fourth-order valence-electron chi connectivity index (χ4n) is 3.32. The lowest BCUT2D eigenvalue weighted by molar-refractivity contribution is -0.148. The summed E-state index contributed by atoms with van der Waals surface area (Å²) in [7, 11) is 0. The van der Waals surface area contributed by atoms with Gasteiger partial charge in [0.1, 0.15) is 0 Å². The topological polar surface area (TPSA) is 77.8 Å². The fourth-order valence-corrected chi connectivity index (χ4v) is 3.32. The van der Waals surface area contributed by atoms with E-state index < -0.39 is 36.4 Å². The number of alkyl halides is 2. The number of amides is 1. The van der Waals surface area contributed by atoms with E-state index in [-0.39, 0.29) is 18.0 Å². The number of benzene rings is 1. The molecule has 2 rings (SSSR count). The van der Waals surface area contributed by atoms with Crippen molar-refractivity contribution >= 4 is 11.9 Å². The molecule has 1 saturated heterocycles. The Kier molecular flexibility index (Phi) is 8.76. The van der Waals surface area contributed by atoms with Crippen LogP contribution in [0.4, 0.5) is 8.78 Å². The number of carbonyl (C=O) groups excluding carboxylic acids is 1. The van der Waals surface area contributed by atoms with E-state index in [1.54, 1.807) is 12.1 Å². The summed E-state index contributed by atoms with van der Waals surface area (Å²) in [5.74, 6) is 0.158. The average Bonchev–Trinajstić information content (AvgIpc) is 2.96. The number of rotatable bonds is 9. The van der Waals surface area contributed by atoms with Crippen molar-refractivity contribution in [3.63, 3.8) is 0 Å². The molecular weight excluding hydrogens is 404 g/mol. The first-order valence-electron chi connectivity index (χ1n) is 10.5. The van der Waals surface area contributed by atoms with E-state index in [1.165, 1.54) is 24.3 Å². The number of carboxylic acids is 1. The Labute approximate surface area is 181 Å². The number of likely N-dealkylation sites (tertiary alicyclic amines) is 1. The van der Waals surface area contributed by atoms with Gasteiger partial charge >= 0.3 is 11.9 Å². The van der Waals surface area contributed by atoms with Crippen LogP contribution < -0.4 is 0 Å². The summed E-state index contributed by atoms with van der Waals surface area (Å²) < 4.78 is 28.1.